The highest BCUT2D eigenvalue weighted by atomic mass is 16.5. The number of nitrogens with zero attached hydrogens (tertiary/aromatic N) is 3. The molecule has 41 heavy (non-hydrogen) atoms. The molecule has 0 aliphatic heterocycles. The van der Waals surface area contributed by atoms with Crippen molar-refractivity contribution in [3.63, 3.8) is 0 Å². The fraction of sp³-hybridized carbons (Fsp3) is 0.581. The summed E-state index contributed by atoms with van der Waals surface area (Å²) in [6.07, 6.45) is 8.57. The number of carbonyl (C=O) groups is 2. The van der Waals surface area contributed by atoms with E-state index in [1.807, 2.05) is 4.90 Å². The van der Waals surface area contributed by atoms with E-state index in [1.165, 1.54) is 0 Å². The van der Waals surface area contributed by atoms with Crippen LogP contribution < -0.4 is 11.3 Å². The second-order valence-electron chi connectivity index (χ2n) is 10.4. The topological polar surface area (TPSA) is 150 Å². The van der Waals surface area contributed by atoms with Gasteiger partial charge in [0, 0.05) is 13.1 Å². The zero-order valence-electron chi connectivity index (χ0n) is 25.2. The van der Waals surface area contributed by atoms with E-state index in [0.717, 1.165) is 51.4 Å². The molecule has 0 aliphatic rings. The Morgan fingerprint density at radius 2 is 1.56 bits per heavy atom. The van der Waals surface area contributed by atoms with Crippen molar-refractivity contribution in [2.45, 2.75) is 86.0 Å². The Morgan fingerprint density at radius 3 is 2.10 bits per heavy atom. The molecule has 10 nitrogen and oxygen atoms in total. The Labute approximate surface area is 243 Å². The number of carbonyl (C=O) groups excluding carboxylic acids is 2. The molecule has 2 aromatic rings. The summed E-state index contributed by atoms with van der Waals surface area (Å²) in [5, 5.41) is 18.3. The number of amides is 1. The summed E-state index contributed by atoms with van der Waals surface area (Å²) in [7, 11) is 0. The van der Waals surface area contributed by atoms with Gasteiger partial charge in [-0.2, -0.15) is 0 Å². The first kappa shape index (κ1) is 33.5. The lowest BCUT2D eigenvalue weighted by molar-refractivity contribution is 0.0523. The minimum Gasteiger partial charge on any atom is -0.494 e. The maximum Gasteiger partial charge on any atom is 0.345 e. The number of azo groups is 1. The summed E-state index contributed by atoms with van der Waals surface area (Å²) in [4.78, 5) is 43.0. The molecule has 4 N–H and O–H groups in total. The van der Waals surface area contributed by atoms with Crippen LogP contribution in [0.5, 0.6) is 5.88 Å². The number of anilines is 1. The number of aromatic nitrogens is 1. The molecule has 1 aromatic heterocycles. The SMILES string of the molecule is CCCCC(CC)CN(CC(CC)CCCC)C(=O)c1ccccc1N=Nc1c(N)c(C(=O)OCC)c(O)[nH]c1=O. The number of hydrogen-bond acceptors (Lipinski definition) is 8. The Balaban J connectivity index is 2.48. The molecule has 1 heterocycles. The number of aromatic hydroxyl groups is 1. The van der Waals surface area contributed by atoms with Crippen LogP contribution in [-0.4, -0.2) is 46.6 Å². The van der Waals surface area contributed by atoms with Crippen LogP contribution in [0.2, 0.25) is 0 Å². The lowest BCUT2D eigenvalue weighted by Crippen LogP contribution is -2.39. The average Bonchev–Trinajstić information content (AvgIpc) is 2.96. The Morgan fingerprint density at radius 1 is 0.976 bits per heavy atom. The van der Waals surface area contributed by atoms with Crippen molar-refractivity contribution in [3.05, 3.63) is 45.7 Å². The van der Waals surface area contributed by atoms with Gasteiger partial charge in [-0.15, -0.1) is 10.2 Å². The van der Waals surface area contributed by atoms with Crippen LogP contribution >= 0.6 is 0 Å². The van der Waals surface area contributed by atoms with E-state index in [4.69, 9.17) is 10.5 Å². The second kappa shape index (κ2) is 17.2. The van der Waals surface area contributed by atoms with Gasteiger partial charge in [0.2, 0.25) is 5.88 Å². The number of nitrogens with one attached hydrogen (secondary N) is 1. The fourth-order valence-electron chi connectivity index (χ4n) is 4.82. The van der Waals surface area contributed by atoms with E-state index in [9.17, 15) is 19.5 Å². The predicted octanol–water partition coefficient (Wildman–Crippen LogP) is 7.13. The molecule has 0 spiro atoms. The third kappa shape index (κ3) is 9.43. The van der Waals surface area contributed by atoms with Gasteiger partial charge in [0.25, 0.3) is 11.5 Å². The Hall–Kier alpha value is -3.69. The number of H-pyrrole nitrogens is 1. The van der Waals surface area contributed by atoms with E-state index in [2.05, 4.69) is 42.9 Å². The number of pyridine rings is 1. The monoisotopic (exact) mass is 569 g/mol. The average molecular weight is 570 g/mol. The minimum absolute atomic E-state index is 0.0499. The summed E-state index contributed by atoms with van der Waals surface area (Å²) in [6.45, 7) is 11.7. The number of ether oxygens (including phenoxy) is 1. The van der Waals surface area contributed by atoms with Gasteiger partial charge in [-0.05, 0) is 43.7 Å². The summed E-state index contributed by atoms with van der Waals surface area (Å²) < 4.78 is 4.93. The van der Waals surface area contributed by atoms with Gasteiger partial charge in [0.15, 0.2) is 5.69 Å². The molecule has 0 bridgehead atoms. The number of benzene rings is 1. The van der Waals surface area contributed by atoms with Gasteiger partial charge < -0.3 is 20.5 Å². The minimum atomic E-state index is -0.900. The molecular formula is C31H47N5O5. The van der Waals surface area contributed by atoms with E-state index < -0.39 is 23.0 Å². The molecule has 1 aromatic carbocycles. The first-order chi connectivity index (χ1) is 19.7. The number of unbranched alkanes of at least 4 members (excludes halogenated alkanes) is 2. The molecule has 226 valence electrons. The van der Waals surface area contributed by atoms with Crippen molar-refractivity contribution >= 4 is 28.9 Å². The fourth-order valence-corrected chi connectivity index (χ4v) is 4.82. The number of rotatable bonds is 17. The molecule has 1 amide bonds. The quantitative estimate of drug-likeness (QED) is 0.136. The van der Waals surface area contributed by atoms with Crippen LogP contribution in [0, 0.1) is 11.8 Å². The smallest absolute Gasteiger partial charge is 0.345 e. The van der Waals surface area contributed by atoms with Crippen molar-refractivity contribution in [2.24, 2.45) is 22.1 Å². The van der Waals surface area contributed by atoms with Gasteiger partial charge in [0.05, 0.1) is 23.5 Å². The summed E-state index contributed by atoms with van der Waals surface area (Å²) in [6, 6.07) is 6.86. The van der Waals surface area contributed by atoms with E-state index >= 15 is 0 Å². The van der Waals surface area contributed by atoms with Crippen molar-refractivity contribution in [1.82, 2.24) is 9.88 Å². The van der Waals surface area contributed by atoms with Crippen LogP contribution in [0.1, 0.15) is 107 Å². The van der Waals surface area contributed by atoms with Crippen LogP contribution in [-0.2, 0) is 4.74 Å². The third-order valence-electron chi connectivity index (χ3n) is 7.41. The lowest BCUT2D eigenvalue weighted by atomic mass is 9.95. The first-order valence-corrected chi connectivity index (χ1v) is 14.9. The van der Waals surface area contributed by atoms with Crippen LogP contribution in [0.15, 0.2) is 39.3 Å². The van der Waals surface area contributed by atoms with Crippen molar-refractivity contribution in [2.75, 3.05) is 25.4 Å². The van der Waals surface area contributed by atoms with Gasteiger partial charge in [-0.3, -0.25) is 14.6 Å². The van der Waals surface area contributed by atoms with E-state index in [0.29, 0.717) is 30.5 Å². The van der Waals surface area contributed by atoms with Crippen molar-refractivity contribution in [1.29, 1.82) is 0 Å². The van der Waals surface area contributed by atoms with Crippen LogP contribution in [0.25, 0.3) is 0 Å². The number of aromatic amines is 1. The summed E-state index contributed by atoms with van der Waals surface area (Å²) in [5.74, 6) is -0.952. The molecule has 0 aliphatic carbocycles. The number of hydrogen-bond donors (Lipinski definition) is 3. The normalized spacial score (nSPS) is 12.8. The summed E-state index contributed by atoms with van der Waals surface area (Å²) >= 11 is 0. The van der Waals surface area contributed by atoms with E-state index in [-0.39, 0.29) is 29.6 Å². The second-order valence-corrected chi connectivity index (χ2v) is 10.4. The highest BCUT2D eigenvalue weighted by molar-refractivity contribution is 6.00. The predicted molar refractivity (Wildman–Crippen MR) is 162 cm³/mol. The highest BCUT2D eigenvalue weighted by Gasteiger charge is 2.25. The summed E-state index contributed by atoms with van der Waals surface area (Å²) in [5.41, 5.74) is 4.73. The number of nitrogen functional groups attached to an aromatic ring is 1. The Bertz CT molecular complexity index is 1210. The molecule has 0 radical (unpaired) electrons. The zero-order chi connectivity index (χ0) is 30.4. The third-order valence-corrected chi connectivity index (χ3v) is 7.41. The molecule has 0 saturated heterocycles. The van der Waals surface area contributed by atoms with Crippen LogP contribution in [0.3, 0.4) is 0 Å². The van der Waals surface area contributed by atoms with Gasteiger partial charge in [-0.25, -0.2) is 4.79 Å². The van der Waals surface area contributed by atoms with Crippen LogP contribution in [0.4, 0.5) is 17.1 Å². The number of nitrogens with two attached hydrogens (primary N) is 1. The number of esters is 1. The molecule has 0 fully saturated rings. The standard InChI is InChI=1S/C31H47N5O5/c1-6-11-15-21(8-3)19-36(20-22(9-4)16-12-7-2)30(39)23-17-13-14-18-24(23)34-35-27-26(32)25(31(40)41-10-5)28(37)33-29(27)38/h13-14,17-18,21-22H,6-12,15-16,19-20H2,1-5H3,(H4,32,33,37,38). The highest BCUT2D eigenvalue weighted by Crippen LogP contribution is 2.31. The van der Waals surface area contributed by atoms with Crippen molar-refractivity contribution in [3.8, 4) is 5.88 Å². The zero-order valence-corrected chi connectivity index (χ0v) is 25.2. The van der Waals surface area contributed by atoms with Gasteiger partial charge >= 0.3 is 5.97 Å². The Kier molecular flexibility index (Phi) is 14.1. The molecule has 2 unspecified atom stereocenters. The molecule has 0 saturated carbocycles. The molecular weight excluding hydrogens is 522 g/mol. The maximum absolute atomic E-state index is 14.1. The van der Waals surface area contributed by atoms with E-state index in [1.54, 1.807) is 31.2 Å². The molecule has 2 atom stereocenters. The van der Waals surface area contributed by atoms with Gasteiger partial charge in [-0.1, -0.05) is 78.4 Å². The largest absolute Gasteiger partial charge is 0.494 e. The molecule has 2 rings (SSSR count). The lowest BCUT2D eigenvalue weighted by Gasteiger charge is -2.31. The molecule has 10 heteroatoms. The van der Waals surface area contributed by atoms with Crippen molar-refractivity contribution < 1.29 is 19.4 Å². The first-order valence-electron chi connectivity index (χ1n) is 14.9. The maximum atomic E-state index is 14.1. The van der Waals surface area contributed by atoms with Gasteiger partial charge in [0.1, 0.15) is 5.56 Å².